The van der Waals surface area contributed by atoms with Gasteiger partial charge in [0.25, 0.3) is 0 Å². The van der Waals surface area contributed by atoms with Crippen molar-refractivity contribution in [1.82, 2.24) is 4.98 Å². The summed E-state index contributed by atoms with van der Waals surface area (Å²) in [6.07, 6.45) is 0.207. The van der Waals surface area contributed by atoms with Crippen LogP contribution < -0.4 is 10.1 Å². The van der Waals surface area contributed by atoms with Crippen LogP contribution >= 0.6 is 23.6 Å². The fourth-order valence-corrected chi connectivity index (χ4v) is 2.97. The number of amides is 1. The Morgan fingerprint density at radius 1 is 1.43 bits per heavy atom. The Morgan fingerprint density at radius 3 is 2.62 bits per heavy atom. The summed E-state index contributed by atoms with van der Waals surface area (Å²) in [5.41, 5.74) is 1.39. The van der Waals surface area contributed by atoms with Gasteiger partial charge in [0.05, 0.1) is 6.42 Å². The van der Waals surface area contributed by atoms with Crippen LogP contribution in [0.15, 0.2) is 24.3 Å². The van der Waals surface area contributed by atoms with Crippen molar-refractivity contribution in [3.8, 4) is 5.75 Å². The minimum atomic E-state index is -2.86. The third-order valence-corrected chi connectivity index (χ3v) is 3.94. The number of aromatic amines is 1. The molecule has 21 heavy (non-hydrogen) atoms. The molecule has 0 fully saturated rings. The van der Waals surface area contributed by atoms with E-state index in [1.807, 2.05) is 6.92 Å². The third-order valence-electron chi connectivity index (χ3n) is 2.61. The number of H-pyrrole nitrogens is 1. The maximum absolute atomic E-state index is 12.0. The minimum absolute atomic E-state index is 0.0439. The summed E-state index contributed by atoms with van der Waals surface area (Å²) in [5, 5.41) is 2.68. The average Bonchev–Trinajstić information content (AvgIpc) is 2.69. The van der Waals surface area contributed by atoms with E-state index >= 15 is 0 Å². The Hall–Kier alpha value is -1.80. The molecule has 0 aliphatic heterocycles. The van der Waals surface area contributed by atoms with Crippen LogP contribution in [-0.4, -0.2) is 17.5 Å². The molecule has 112 valence electrons. The van der Waals surface area contributed by atoms with Crippen LogP contribution in [0.4, 0.5) is 14.5 Å². The third kappa shape index (κ3) is 4.61. The second-order valence-electron chi connectivity index (χ2n) is 4.19. The first kappa shape index (κ1) is 15.6. The van der Waals surface area contributed by atoms with Crippen molar-refractivity contribution >= 4 is 35.1 Å². The lowest BCUT2D eigenvalue weighted by molar-refractivity contribution is -0.115. The number of carbonyl (C=O) groups is 1. The van der Waals surface area contributed by atoms with Crippen LogP contribution in [0.3, 0.4) is 0 Å². The van der Waals surface area contributed by atoms with Crippen LogP contribution in [0, 0.1) is 10.9 Å². The van der Waals surface area contributed by atoms with Gasteiger partial charge in [-0.05, 0) is 43.4 Å². The molecule has 4 nitrogen and oxygen atoms in total. The Morgan fingerprint density at radius 2 is 2.10 bits per heavy atom. The normalized spacial score (nSPS) is 10.7. The molecule has 2 N–H and O–H groups in total. The maximum Gasteiger partial charge on any atom is 0.387 e. The highest BCUT2D eigenvalue weighted by molar-refractivity contribution is 7.73. The van der Waals surface area contributed by atoms with Gasteiger partial charge in [0, 0.05) is 16.3 Å². The van der Waals surface area contributed by atoms with E-state index in [1.165, 1.54) is 35.6 Å². The minimum Gasteiger partial charge on any atom is -0.435 e. The van der Waals surface area contributed by atoms with Gasteiger partial charge < -0.3 is 15.0 Å². The fourth-order valence-electron chi connectivity index (χ4n) is 1.68. The van der Waals surface area contributed by atoms with E-state index in [9.17, 15) is 13.6 Å². The Labute approximate surface area is 128 Å². The number of halogens is 2. The summed E-state index contributed by atoms with van der Waals surface area (Å²) >= 11 is 6.37. The number of carbonyl (C=O) groups excluding carboxylic acids is 1. The zero-order valence-electron chi connectivity index (χ0n) is 11.0. The number of benzene rings is 1. The number of aromatic nitrogens is 1. The summed E-state index contributed by atoms with van der Waals surface area (Å²) in [4.78, 5) is 15.7. The monoisotopic (exact) mass is 330 g/mol. The Kier molecular flexibility index (Phi) is 5.03. The lowest BCUT2D eigenvalue weighted by Gasteiger charge is -2.07. The van der Waals surface area contributed by atoms with Gasteiger partial charge in [-0.1, -0.05) is 0 Å². The van der Waals surface area contributed by atoms with Gasteiger partial charge in [-0.3, -0.25) is 4.79 Å². The van der Waals surface area contributed by atoms with Crippen LogP contribution in [0.5, 0.6) is 5.75 Å². The van der Waals surface area contributed by atoms with Gasteiger partial charge in [0.1, 0.15) is 5.75 Å². The quantitative estimate of drug-likeness (QED) is 0.818. The summed E-state index contributed by atoms with van der Waals surface area (Å²) in [6, 6.07) is 5.74. The highest BCUT2D eigenvalue weighted by Gasteiger charge is 2.09. The molecule has 0 saturated heterocycles. The summed E-state index contributed by atoms with van der Waals surface area (Å²) in [5.74, 6) is -0.159. The zero-order valence-corrected chi connectivity index (χ0v) is 12.6. The molecule has 0 aliphatic carbocycles. The van der Waals surface area contributed by atoms with Crippen molar-refractivity contribution in [1.29, 1.82) is 0 Å². The number of thiazole rings is 1. The van der Waals surface area contributed by atoms with Crippen molar-refractivity contribution in [3.63, 3.8) is 0 Å². The van der Waals surface area contributed by atoms with Crippen LogP contribution in [0.25, 0.3) is 0 Å². The lowest BCUT2D eigenvalue weighted by Crippen LogP contribution is -2.14. The number of hydrogen-bond donors (Lipinski definition) is 2. The molecule has 8 heteroatoms. The number of anilines is 1. The second-order valence-corrected chi connectivity index (χ2v) is 5.96. The van der Waals surface area contributed by atoms with Gasteiger partial charge in [0.2, 0.25) is 5.91 Å². The SMILES string of the molecule is Cc1[nH]c(=S)sc1CC(=O)Nc1ccc(OC(F)F)cc1. The van der Waals surface area contributed by atoms with E-state index in [4.69, 9.17) is 12.2 Å². The number of hydrogen-bond acceptors (Lipinski definition) is 4. The number of aryl methyl sites for hydroxylation is 1. The van der Waals surface area contributed by atoms with Crippen molar-refractivity contribution < 1.29 is 18.3 Å². The maximum atomic E-state index is 12.0. The molecule has 2 aromatic rings. The van der Waals surface area contributed by atoms with Gasteiger partial charge in [0.15, 0.2) is 3.95 Å². The van der Waals surface area contributed by atoms with Gasteiger partial charge in [-0.15, -0.1) is 11.3 Å². The zero-order chi connectivity index (χ0) is 15.4. The van der Waals surface area contributed by atoms with Gasteiger partial charge in [-0.25, -0.2) is 0 Å². The smallest absolute Gasteiger partial charge is 0.387 e. The number of nitrogens with one attached hydrogen (secondary N) is 2. The summed E-state index contributed by atoms with van der Waals surface area (Å²) < 4.78 is 28.9. The molecule has 0 unspecified atom stereocenters. The first-order valence-electron chi connectivity index (χ1n) is 5.97. The standard InChI is InChI=1S/C13H12F2N2O2S2/c1-7-10(21-13(20)16-7)6-11(18)17-8-2-4-9(5-3-8)19-12(14)15/h2-5,12H,6H2,1H3,(H,16,20)(H,17,18). The Bertz CT molecular complexity index is 680. The van der Waals surface area contributed by atoms with Crippen molar-refractivity contribution in [2.45, 2.75) is 20.0 Å². The summed E-state index contributed by atoms with van der Waals surface area (Å²) in [7, 11) is 0. The van der Waals surface area contributed by atoms with Crippen molar-refractivity contribution in [2.75, 3.05) is 5.32 Å². The van der Waals surface area contributed by atoms with E-state index in [0.29, 0.717) is 9.64 Å². The molecule has 0 aliphatic rings. The first-order valence-corrected chi connectivity index (χ1v) is 7.20. The predicted molar refractivity (Wildman–Crippen MR) is 79.6 cm³/mol. The van der Waals surface area contributed by atoms with E-state index in [2.05, 4.69) is 15.0 Å². The molecule has 1 aromatic carbocycles. The highest BCUT2D eigenvalue weighted by atomic mass is 32.1. The average molecular weight is 330 g/mol. The van der Waals surface area contributed by atoms with Crippen LogP contribution in [0.1, 0.15) is 10.6 Å². The van der Waals surface area contributed by atoms with E-state index in [0.717, 1.165) is 10.6 Å². The van der Waals surface area contributed by atoms with Crippen LogP contribution in [0.2, 0.25) is 0 Å². The molecule has 1 amide bonds. The molecule has 0 saturated carbocycles. The number of ether oxygens (including phenoxy) is 1. The Balaban J connectivity index is 1.96. The van der Waals surface area contributed by atoms with E-state index < -0.39 is 6.61 Å². The molecule has 0 spiro atoms. The topological polar surface area (TPSA) is 54.1 Å². The fraction of sp³-hybridized carbons (Fsp3) is 0.231. The molecule has 1 heterocycles. The van der Waals surface area contributed by atoms with Crippen molar-refractivity contribution in [3.05, 3.63) is 38.8 Å². The van der Waals surface area contributed by atoms with E-state index in [-0.39, 0.29) is 18.1 Å². The molecular weight excluding hydrogens is 318 g/mol. The molecule has 0 bridgehead atoms. The van der Waals surface area contributed by atoms with Crippen molar-refractivity contribution in [2.24, 2.45) is 0 Å². The number of alkyl halides is 2. The first-order chi connectivity index (χ1) is 9.94. The van der Waals surface area contributed by atoms with Crippen LogP contribution in [-0.2, 0) is 11.2 Å². The predicted octanol–water partition coefficient (Wildman–Crippen LogP) is 3.90. The lowest BCUT2D eigenvalue weighted by atomic mass is 10.2. The van der Waals surface area contributed by atoms with Gasteiger partial charge >= 0.3 is 6.61 Å². The molecule has 0 atom stereocenters. The largest absolute Gasteiger partial charge is 0.435 e. The molecule has 1 aromatic heterocycles. The number of rotatable bonds is 5. The molecule has 0 radical (unpaired) electrons. The van der Waals surface area contributed by atoms with E-state index in [1.54, 1.807) is 0 Å². The highest BCUT2D eigenvalue weighted by Crippen LogP contribution is 2.19. The second kappa shape index (κ2) is 6.77. The summed E-state index contributed by atoms with van der Waals surface area (Å²) in [6.45, 7) is -1.01. The molecule has 2 rings (SSSR count). The van der Waals surface area contributed by atoms with Gasteiger partial charge in [-0.2, -0.15) is 8.78 Å². The molecular formula is C13H12F2N2O2S2.